The zero-order valence-electron chi connectivity index (χ0n) is 13.7. The van der Waals surface area contributed by atoms with Crippen molar-refractivity contribution in [3.63, 3.8) is 0 Å². The molecule has 1 aromatic carbocycles. The molecule has 1 aromatic heterocycles. The molecule has 1 aliphatic rings. The average molecular weight is 346 g/mol. The molecule has 0 saturated heterocycles. The quantitative estimate of drug-likeness (QED) is 0.839. The lowest BCUT2D eigenvalue weighted by atomic mass is 10.1. The van der Waals surface area contributed by atoms with Crippen LogP contribution in [-0.2, 0) is 11.3 Å². The molecule has 132 valence electrons. The van der Waals surface area contributed by atoms with Crippen LogP contribution in [0.2, 0.25) is 0 Å². The van der Waals surface area contributed by atoms with Gasteiger partial charge >= 0.3 is 0 Å². The van der Waals surface area contributed by atoms with E-state index >= 15 is 0 Å². The van der Waals surface area contributed by atoms with Crippen molar-refractivity contribution in [2.24, 2.45) is 5.92 Å². The highest BCUT2D eigenvalue weighted by Crippen LogP contribution is 2.49. The maximum absolute atomic E-state index is 13.9. The van der Waals surface area contributed by atoms with Gasteiger partial charge in [0.05, 0.1) is 0 Å². The lowest BCUT2D eigenvalue weighted by Gasteiger charge is -2.23. The fourth-order valence-electron chi connectivity index (χ4n) is 3.09. The van der Waals surface area contributed by atoms with E-state index in [0.29, 0.717) is 25.9 Å². The van der Waals surface area contributed by atoms with Crippen molar-refractivity contribution in [1.29, 1.82) is 0 Å². The van der Waals surface area contributed by atoms with E-state index in [4.69, 9.17) is 5.11 Å². The zero-order chi connectivity index (χ0) is 17.8. The molecular formula is C19H20F2N2O2. The predicted molar refractivity (Wildman–Crippen MR) is 88.6 cm³/mol. The summed E-state index contributed by atoms with van der Waals surface area (Å²) >= 11 is 0. The van der Waals surface area contributed by atoms with Crippen LogP contribution in [0.4, 0.5) is 8.78 Å². The van der Waals surface area contributed by atoms with Gasteiger partial charge in [0, 0.05) is 38.0 Å². The summed E-state index contributed by atoms with van der Waals surface area (Å²) < 4.78 is 27.3. The number of aromatic nitrogens is 1. The smallest absolute Gasteiger partial charge is 0.226 e. The van der Waals surface area contributed by atoms with Crippen LogP contribution >= 0.6 is 0 Å². The number of nitrogens with zero attached hydrogens (tertiary/aromatic N) is 2. The van der Waals surface area contributed by atoms with Gasteiger partial charge in [0.1, 0.15) is 0 Å². The number of aliphatic hydroxyl groups excluding tert-OH is 1. The van der Waals surface area contributed by atoms with Gasteiger partial charge in [-0.05, 0) is 48.1 Å². The minimum Gasteiger partial charge on any atom is -0.396 e. The van der Waals surface area contributed by atoms with Crippen molar-refractivity contribution < 1.29 is 18.7 Å². The average Bonchev–Trinajstić information content (AvgIpc) is 3.42. The van der Waals surface area contributed by atoms with E-state index in [2.05, 4.69) is 4.98 Å². The Kier molecular flexibility index (Phi) is 5.38. The van der Waals surface area contributed by atoms with Crippen LogP contribution in [0.1, 0.15) is 29.9 Å². The molecular weight excluding hydrogens is 326 g/mol. The second kappa shape index (κ2) is 7.70. The van der Waals surface area contributed by atoms with Crippen molar-refractivity contribution in [2.75, 3.05) is 13.2 Å². The minimum absolute atomic E-state index is 0.00720. The van der Waals surface area contributed by atoms with Crippen LogP contribution in [0.25, 0.3) is 0 Å². The third kappa shape index (κ3) is 4.02. The Bertz CT molecular complexity index is 739. The number of hydrogen-bond acceptors (Lipinski definition) is 3. The second-order valence-electron chi connectivity index (χ2n) is 6.28. The van der Waals surface area contributed by atoms with Gasteiger partial charge in [0.15, 0.2) is 11.6 Å². The molecule has 0 aliphatic heterocycles. The number of carbonyl (C=O) groups excluding carboxylic acids is 1. The molecule has 2 aromatic rings. The highest BCUT2D eigenvalue weighted by atomic mass is 19.2. The Morgan fingerprint density at radius 2 is 2.00 bits per heavy atom. The summed E-state index contributed by atoms with van der Waals surface area (Å²) in [4.78, 5) is 18.4. The third-order valence-corrected chi connectivity index (χ3v) is 4.51. The SMILES string of the molecule is O=C([C@H]1C[C@H]1c1cccc(F)c1F)N(CCCO)Cc1ccncc1. The molecule has 0 bridgehead atoms. The monoisotopic (exact) mass is 346 g/mol. The van der Waals surface area contributed by atoms with Gasteiger partial charge in [0.2, 0.25) is 5.91 Å². The maximum Gasteiger partial charge on any atom is 0.226 e. The summed E-state index contributed by atoms with van der Waals surface area (Å²) in [5.41, 5.74) is 1.21. The lowest BCUT2D eigenvalue weighted by Crippen LogP contribution is -2.33. The number of rotatable bonds is 7. The number of aliphatic hydroxyl groups is 1. The van der Waals surface area contributed by atoms with Gasteiger partial charge in [0.25, 0.3) is 0 Å². The number of halogens is 2. The van der Waals surface area contributed by atoms with Gasteiger partial charge in [-0.25, -0.2) is 8.78 Å². The highest BCUT2D eigenvalue weighted by Gasteiger charge is 2.47. The molecule has 6 heteroatoms. The van der Waals surface area contributed by atoms with Gasteiger partial charge in [-0.1, -0.05) is 12.1 Å². The Morgan fingerprint density at radius 1 is 1.24 bits per heavy atom. The summed E-state index contributed by atoms with van der Waals surface area (Å²) in [7, 11) is 0. The van der Waals surface area contributed by atoms with E-state index in [1.807, 2.05) is 12.1 Å². The lowest BCUT2D eigenvalue weighted by molar-refractivity contribution is -0.133. The van der Waals surface area contributed by atoms with E-state index in [9.17, 15) is 13.6 Å². The largest absolute Gasteiger partial charge is 0.396 e. The topological polar surface area (TPSA) is 53.4 Å². The molecule has 25 heavy (non-hydrogen) atoms. The van der Waals surface area contributed by atoms with Crippen molar-refractivity contribution >= 4 is 5.91 Å². The van der Waals surface area contributed by atoms with Crippen LogP contribution in [0.3, 0.4) is 0 Å². The Labute approximate surface area is 145 Å². The number of amides is 1. The number of hydrogen-bond donors (Lipinski definition) is 1. The number of benzene rings is 1. The highest BCUT2D eigenvalue weighted by molar-refractivity contribution is 5.83. The Balaban J connectivity index is 1.71. The first-order chi connectivity index (χ1) is 12.1. The van der Waals surface area contributed by atoms with Gasteiger partial charge in [-0.2, -0.15) is 0 Å². The van der Waals surface area contributed by atoms with Crippen LogP contribution in [0.15, 0.2) is 42.7 Å². The summed E-state index contributed by atoms with van der Waals surface area (Å²) in [6.07, 6.45) is 4.31. The summed E-state index contributed by atoms with van der Waals surface area (Å²) in [5, 5.41) is 9.07. The predicted octanol–water partition coefficient (Wildman–Crippen LogP) is 2.87. The first-order valence-corrected chi connectivity index (χ1v) is 8.34. The van der Waals surface area contributed by atoms with Crippen molar-refractivity contribution in [2.45, 2.75) is 25.3 Å². The molecule has 2 atom stereocenters. The van der Waals surface area contributed by atoms with Gasteiger partial charge in [-0.3, -0.25) is 9.78 Å². The number of carbonyl (C=O) groups is 1. The van der Waals surface area contributed by atoms with E-state index in [1.54, 1.807) is 17.3 Å². The molecule has 1 N–H and O–H groups in total. The normalized spacial score (nSPS) is 18.8. The van der Waals surface area contributed by atoms with Crippen LogP contribution in [0, 0.1) is 17.6 Å². The molecule has 1 amide bonds. The van der Waals surface area contributed by atoms with Gasteiger partial charge in [-0.15, -0.1) is 0 Å². The van der Waals surface area contributed by atoms with Crippen LogP contribution in [-0.4, -0.2) is 34.0 Å². The van der Waals surface area contributed by atoms with Crippen LogP contribution < -0.4 is 0 Å². The second-order valence-corrected chi connectivity index (χ2v) is 6.28. The van der Waals surface area contributed by atoms with Gasteiger partial charge < -0.3 is 10.0 Å². The molecule has 1 saturated carbocycles. The molecule has 1 aliphatic carbocycles. The maximum atomic E-state index is 13.9. The molecule has 0 spiro atoms. The van der Waals surface area contributed by atoms with Crippen LogP contribution in [0.5, 0.6) is 0 Å². The van der Waals surface area contributed by atoms with Crippen molar-refractivity contribution in [3.05, 3.63) is 65.5 Å². The van der Waals surface area contributed by atoms with E-state index in [0.717, 1.165) is 11.6 Å². The summed E-state index contributed by atoms with van der Waals surface area (Å²) in [6.45, 7) is 0.829. The Hall–Kier alpha value is -2.34. The van der Waals surface area contributed by atoms with E-state index in [1.165, 1.54) is 12.1 Å². The van der Waals surface area contributed by atoms with E-state index < -0.39 is 11.6 Å². The fourth-order valence-corrected chi connectivity index (χ4v) is 3.09. The first kappa shape index (κ1) is 17.5. The van der Waals surface area contributed by atoms with Crippen molar-refractivity contribution in [3.8, 4) is 0 Å². The zero-order valence-corrected chi connectivity index (χ0v) is 13.7. The van der Waals surface area contributed by atoms with Crippen molar-refractivity contribution in [1.82, 2.24) is 9.88 Å². The molecule has 1 heterocycles. The Morgan fingerprint density at radius 3 is 2.72 bits per heavy atom. The number of pyridine rings is 1. The summed E-state index contributed by atoms with van der Waals surface area (Å²) in [6, 6.07) is 7.74. The molecule has 4 nitrogen and oxygen atoms in total. The summed E-state index contributed by atoms with van der Waals surface area (Å²) in [5.74, 6) is -2.45. The molecule has 3 rings (SSSR count). The molecule has 0 radical (unpaired) electrons. The fraction of sp³-hybridized carbons (Fsp3) is 0.368. The minimum atomic E-state index is -0.885. The molecule has 1 fully saturated rings. The third-order valence-electron chi connectivity index (χ3n) is 4.51. The van der Waals surface area contributed by atoms with E-state index in [-0.39, 0.29) is 29.9 Å². The first-order valence-electron chi connectivity index (χ1n) is 8.34. The standard InChI is InChI=1S/C19H20F2N2O2/c20-17-4-1-3-14(18(17)21)15-11-16(15)19(25)23(9-2-10-24)12-13-5-7-22-8-6-13/h1,3-8,15-16,24H,2,9-12H2/t15-,16-/m0/s1. The molecule has 0 unspecified atom stereocenters.